The standard InChI is InChI=1S/C32H38N2O12/c1-14(35)42-26-22(45-29(31(40)41-5)28(44-16(3)37)27(26)43-15(2)36)13-23(39)33-19-8-7-18-20-12-17-6-9-21(38)25-24(17)32(18,30(19)46-25)10-11-34(20)4/h6-9,18-20,22,26-30,38H,10-13H2,1-5H3,(H,33,39)/t18?,19?,20?,22?,26?,27-,28+,29+,30?,32?/m1/s1. The maximum atomic E-state index is 13.8. The van der Waals surface area contributed by atoms with Crippen molar-refractivity contribution >= 4 is 29.8 Å². The lowest BCUT2D eigenvalue weighted by Crippen LogP contribution is -2.67. The van der Waals surface area contributed by atoms with Crippen LogP contribution in [0.5, 0.6) is 11.5 Å². The maximum Gasteiger partial charge on any atom is 0.339 e. The number of phenolic OH excluding ortho intramolecular Hbond substituents is 1. The molecule has 0 aromatic heterocycles. The lowest BCUT2D eigenvalue weighted by molar-refractivity contribution is -0.248. The first-order chi connectivity index (χ1) is 21.8. The molecule has 2 fully saturated rings. The van der Waals surface area contributed by atoms with Crippen molar-refractivity contribution in [3.05, 3.63) is 35.4 Å². The smallest absolute Gasteiger partial charge is 0.339 e. The molecule has 248 valence electrons. The molecule has 1 spiro atoms. The fourth-order valence-corrected chi connectivity index (χ4v) is 8.18. The molecule has 2 saturated heterocycles. The Kier molecular flexibility index (Phi) is 8.21. The lowest BCUT2D eigenvalue weighted by atomic mass is 9.53. The van der Waals surface area contributed by atoms with Crippen molar-refractivity contribution in [3.63, 3.8) is 0 Å². The molecule has 2 bridgehead atoms. The van der Waals surface area contributed by atoms with Gasteiger partial charge in [-0.3, -0.25) is 19.2 Å². The summed E-state index contributed by atoms with van der Waals surface area (Å²) < 4.78 is 33.5. The molecule has 0 radical (unpaired) electrons. The van der Waals surface area contributed by atoms with Crippen molar-refractivity contribution in [3.8, 4) is 11.5 Å². The normalized spacial score (nSPS) is 35.2. The summed E-state index contributed by atoms with van der Waals surface area (Å²) in [6.07, 6.45) is -2.64. The van der Waals surface area contributed by atoms with Gasteiger partial charge in [-0.05, 0) is 38.1 Å². The maximum absolute atomic E-state index is 13.8. The number of likely N-dealkylation sites (tertiary alicyclic amines) is 1. The van der Waals surface area contributed by atoms with Crippen molar-refractivity contribution in [2.24, 2.45) is 5.92 Å². The largest absolute Gasteiger partial charge is 0.504 e. The Morgan fingerprint density at radius 2 is 1.67 bits per heavy atom. The second kappa shape index (κ2) is 11.9. The van der Waals surface area contributed by atoms with Crippen LogP contribution in [0.15, 0.2) is 24.3 Å². The number of benzene rings is 1. The molecule has 14 heteroatoms. The second-order valence-electron chi connectivity index (χ2n) is 12.6. The molecule has 2 N–H and O–H groups in total. The van der Waals surface area contributed by atoms with Gasteiger partial charge in [0.05, 0.1) is 19.6 Å². The summed E-state index contributed by atoms with van der Waals surface area (Å²) >= 11 is 0. The number of aromatic hydroxyl groups is 1. The zero-order valence-corrected chi connectivity index (χ0v) is 26.2. The number of hydrogen-bond donors (Lipinski definition) is 2. The third-order valence-corrected chi connectivity index (χ3v) is 9.86. The molecule has 7 unspecified atom stereocenters. The average Bonchev–Trinajstić information content (AvgIpc) is 3.34. The van der Waals surface area contributed by atoms with Gasteiger partial charge in [0.2, 0.25) is 5.91 Å². The predicted molar refractivity (Wildman–Crippen MR) is 155 cm³/mol. The molecule has 5 aliphatic rings. The third-order valence-electron chi connectivity index (χ3n) is 9.86. The highest BCUT2D eigenvalue weighted by Crippen LogP contribution is 2.62. The van der Waals surface area contributed by atoms with Crippen molar-refractivity contribution in [2.75, 3.05) is 20.7 Å². The Labute approximate surface area is 265 Å². The minimum Gasteiger partial charge on any atom is -0.504 e. The molecule has 0 saturated carbocycles. The summed E-state index contributed by atoms with van der Waals surface area (Å²) in [7, 11) is 3.21. The Morgan fingerprint density at radius 3 is 2.35 bits per heavy atom. The molecule has 1 aromatic rings. The topological polar surface area (TPSA) is 176 Å². The highest BCUT2D eigenvalue weighted by molar-refractivity contribution is 5.79. The van der Waals surface area contributed by atoms with Gasteiger partial charge in [-0.15, -0.1) is 0 Å². The van der Waals surface area contributed by atoms with Crippen LogP contribution in [0.1, 0.15) is 44.7 Å². The van der Waals surface area contributed by atoms with Crippen LogP contribution in [0, 0.1) is 5.92 Å². The second-order valence-corrected chi connectivity index (χ2v) is 12.6. The van der Waals surface area contributed by atoms with Gasteiger partial charge in [0, 0.05) is 43.7 Å². The number of likely N-dealkylation sites (N-methyl/N-ethyl adjacent to an activating group) is 1. The van der Waals surface area contributed by atoms with Crippen LogP contribution >= 0.6 is 0 Å². The van der Waals surface area contributed by atoms with E-state index in [0.717, 1.165) is 58.4 Å². The summed E-state index contributed by atoms with van der Waals surface area (Å²) in [6, 6.07) is 3.23. The van der Waals surface area contributed by atoms with Gasteiger partial charge >= 0.3 is 23.9 Å². The number of rotatable bonds is 7. The van der Waals surface area contributed by atoms with Gasteiger partial charge in [0.25, 0.3) is 0 Å². The highest BCUT2D eigenvalue weighted by Gasteiger charge is 2.64. The molecule has 10 atom stereocenters. The molecule has 1 aromatic carbocycles. The number of piperidine rings is 1. The number of ether oxygens (including phenoxy) is 6. The molecular formula is C32H38N2O12. The molecule has 46 heavy (non-hydrogen) atoms. The van der Waals surface area contributed by atoms with Crippen LogP contribution in [-0.2, 0) is 59.5 Å². The van der Waals surface area contributed by atoms with E-state index in [0.29, 0.717) is 5.75 Å². The lowest BCUT2D eigenvalue weighted by Gasteiger charge is -2.57. The van der Waals surface area contributed by atoms with E-state index in [4.69, 9.17) is 28.4 Å². The molecule has 3 aliphatic heterocycles. The zero-order valence-electron chi connectivity index (χ0n) is 26.2. The quantitative estimate of drug-likeness (QED) is 0.238. The van der Waals surface area contributed by atoms with Crippen molar-refractivity contribution in [1.82, 2.24) is 10.2 Å². The van der Waals surface area contributed by atoms with Crippen LogP contribution in [0.4, 0.5) is 0 Å². The first-order valence-electron chi connectivity index (χ1n) is 15.3. The first kappa shape index (κ1) is 31.8. The van der Waals surface area contributed by atoms with E-state index in [1.54, 1.807) is 6.07 Å². The molecule has 3 heterocycles. The summed E-state index contributed by atoms with van der Waals surface area (Å²) in [6.45, 7) is 4.13. The van der Waals surface area contributed by atoms with Gasteiger partial charge in [0.1, 0.15) is 12.2 Å². The first-order valence-corrected chi connectivity index (χ1v) is 15.3. The fraction of sp³-hybridized carbons (Fsp3) is 0.594. The number of carbonyl (C=O) groups excluding carboxylic acids is 5. The monoisotopic (exact) mass is 642 g/mol. The fourth-order valence-electron chi connectivity index (χ4n) is 8.18. The van der Waals surface area contributed by atoms with Gasteiger partial charge in [-0.1, -0.05) is 18.2 Å². The molecule has 2 aliphatic carbocycles. The van der Waals surface area contributed by atoms with Crippen LogP contribution in [0.3, 0.4) is 0 Å². The van der Waals surface area contributed by atoms with Crippen LogP contribution in [0.25, 0.3) is 0 Å². The number of phenols is 1. The minimum absolute atomic E-state index is 0.0521. The van der Waals surface area contributed by atoms with E-state index in [9.17, 15) is 29.1 Å². The Morgan fingerprint density at radius 1 is 1.00 bits per heavy atom. The van der Waals surface area contributed by atoms with Gasteiger partial charge in [-0.25, -0.2) is 4.79 Å². The van der Waals surface area contributed by atoms with E-state index in [1.165, 1.54) is 0 Å². The highest BCUT2D eigenvalue weighted by atomic mass is 16.7. The van der Waals surface area contributed by atoms with Crippen LogP contribution in [0.2, 0.25) is 0 Å². The zero-order chi connectivity index (χ0) is 33.1. The minimum atomic E-state index is -1.59. The number of esters is 4. The van der Waals surface area contributed by atoms with E-state index in [-0.39, 0.29) is 17.7 Å². The predicted octanol–water partition coefficient (Wildman–Crippen LogP) is 0.448. The molecule has 6 rings (SSSR count). The molecular weight excluding hydrogens is 604 g/mol. The van der Waals surface area contributed by atoms with E-state index in [1.807, 2.05) is 12.1 Å². The number of methoxy groups -OCH3 is 1. The van der Waals surface area contributed by atoms with Crippen molar-refractivity contribution in [1.29, 1.82) is 0 Å². The van der Waals surface area contributed by atoms with Gasteiger partial charge < -0.3 is 43.7 Å². The summed E-state index contributed by atoms with van der Waals surface area (Å²) in [5.74, 6) is -3.27. The van der Waals surface area contributed by atoms with E-state index < -0.39 is 84.3 Å². The van der Waals surface area contributed by atoms with Gasteiger partial charge in [-0.2, -0.15) is 0 Å². The Hall–Kier alpha value is -4.17. The Bertz CT molecular complexity index is 1490. The number of nitrogens with zero attached hydrogens (tertiary/aromatic N) is 1. The van der Waals surface area contributed by atoms with E-state index in [2.05, 4.69) is 23.3 Å². The molecule has 14 nitrogen and oxygen atoms in total. The third kappa shape index (κ3) is 5.16. The molecule has 1 amide bonds. The number of carbonyl (C=O) groups is 5. The average molecular weight is 643 g/mol. The number of hydrogen-bond acceptors (Lipinski definition) is 13. The summed E-state index contributed by atoms with van der Waals surface area (Å²) in [5, 5.41) is 13.8. The van der Waals surface area contributed by atoms with E-state index >= 15 is 0 Å². The SMILES string of the molecule is COC(=O)[C@H]1OC(CC(=O)NC2C=CC3C4Cc5ccc(O)c6c5C3(CCN4C)C2O6)C(OC(C)=O)[C@@H](OC(C)=O)[C@@H]1OC(C)=O. The Balaban J connectivity index is 1.29. The van der Waals surface area contributed by atoms with Crippen LogP contribution < -0.4 is 10.1 Å². The number of nitrogens with one attached hydrogen (secondary N) is 1. The summed E-state index contributed by atoms with van der Waals surface area (Å²) in [4.78, 5) is 65.1. The van der Waals surface area contributed by atoms with Crippen molar-refractivity contribution < 1.29 is 57.5 Å². The van der Waals surface area contributed by atoms with Gasteiger partial charge in [0.15, 0.2) is 35.9 Å². The van der Waals surface area contributed by atoms with Crippen LogP contribution in [-0.4, -0.2) is 109 Å². The summed E-state index contributed by atoms with van der Waals surface area (Å²) in [5.41, 5.74) is 1.67. The number of amides is 1. The van der Waals surface area contributed by atoms with Crippen molar-refractivity contribution in [2.45, 2.75) is 94.2 Å².